The van der Waals surface area contributed by atoms with Crippen molar-refractivity contribution in [1.82, 2.24) is 15.1 Å². The number of nitrogens with one attached hydrogen (secondary N) is 1. The van der Waals surface area contributed by atoms with Crippen molar-refractivity contribution in [3.05, 3.63) is 52.9 Å². The number of ether oxygens (including phenoxy) is 1. The summed E-state index contributed by atoms with van der Waals surface area (Å²) in [4.78, 5) is 2.28. The van der Waals surface area contributed by atoms with Crippen LogP contribution in [0.1, 0.15) is 29.3 Å². The molecule has 0 bridgehead atoms. The summed E-state index contributed by atoms with van der Waals surface area (Å²) in [6.45, 7) is 2.05. The third-order valence-corrected chi connectivity index (χ3v) is 4.72. The molecule has 3 N–H and O–H groups in total. The van der Waals surface area contributed by atoms with Crippen LogP contribution in [0.5, 0.6) is 0 Å². The molecule has 2 aromatic rings. The molecule has 1 aromatic heterocycles. The molecule has 3 atom stereocenters. The van der Waals surface area contributed by atoms with Crippen LogP contribution in [0.2, 0.25) is 0 Å². The van der Waals surface area contributed by atoms with Gasteiger partial charge in [-0.1, -0.05) is 0 Å². The van der Waals surface area contributed by atoms with Crippen LogP contribution in [0.4, 0.5) is 8.78 Å². The zero-order valence-electron chi connectivity index (χ0n) is 12.5. The van der Waals surface area contributed by atoms with Gasteiger partial charge in [0.2, 0.25) is 0 Å². The molecule has 5 nitrogen and oxygen atoms in total. The highest BCUT2D eigenvalue weighted by Gasteiger charge is 2.36. The Bertz CT molecular complexity index is 699. The number of nitrogens with two attached hydrogens (primary N) is 1. The predicted octanol–water partition coefficient (Wildman–Crippen LogP) is 1.86. The van der Waals surface area contributed by atoms with E-state index in [9.17, 15) is 8.78 Å². The molecule has 1 saturated heterocycles. The number of rotatable bonds is 2. The Balaban J connectivity index is 1.46. The monoisotopic (exact) mass is 320 g/mol. The summed E-state index contributed by atoms with van der Waals surface area (Å²) in [5.74, 6) is -0.961. The highest BCUT2D eigenvalue weighted by atomic mass is 19.1. The maximum Gasteiger partial charge on any atom is 0.129 e. The van der Waals surface area contributed by atoms with Crippen molar-refractivity contribution < 1.29 is 13.5 Å². The summed E-state index contributed by atoms with van der Waals surface area (Å²) >= 11 is 0. The molecule has 7 heteroatoms. The Kier molecular flexibility index (Phi) is 3.63. The van der Waals surface area contributed by atoms with Crippen molar-refractivity contribution in [2.45, 2.75) is 37.7 Å². The lowest BCUT2D eigenvalue weighted by atomic mass is 9.93. The summed E-state index contributed by atoms with van der Waals surface area (Å²) in [6.07, 6.45) is 1.91. The fourth-order valence-corrected chi connectivity index (χ4v) is 3.50. The average Bonchev–Trinajstić information content (AvgIpc) is 3.11. The molecule has 122 valence electrons. The first-order chi connectivity index (χ1) is 11.1. The van der Waals surface area contributed by atoms with Crippen molar-refractivity contribution in [1.29, 1.82) is 0 Å². The fourth-order valence-electron chi connectivity index (χ4n) is 3.50. The van der Waals surface area contributed by atoms with Gasteiger partial charge in [-0.3, -0.25) is 10.00 Å². The van der Waals surface area contributed by atoms with Gasteiger partial charge in [-0.25, -0.2) is 8.78 Å². The highest BCUT2D eigenvalue weighted by molar-refractivity contribution is 5.24. The van der Waals surface area contributed by atoms with Crippen LogP contribution in [0, 0.1) is 11.6 Å². The van der Waals surface area contributed by atoms with Gasteiger partial charge in [0.25, 0.3) is 0 Å². The minimum Gasteiger partial charge on any atom is -0.370 e. The zero-order valence-corrected chi connectivity index (χ0v) is 12.5. The summed E-state index contributed by atoms with van der Waals surface area (Å²) < 4.78 is 33.1. The van der Waals surface area contributed by atoms with Crippen LogP contribution in [0.3, 0.4) is 0 Å². The van der Waals surface area contributed by atoms with Crippen molar-refractivity contribution >= 4 is 0 Å². The average molecular weight is 320 g/mol. The van der Waals surface area contributed by atoms with E-state index in [1.165, 1.54) is 11.6 Å². The first-order valence-corrected chi connectivity index (χ1v) is 7.69. The van der Waals surface area contributed by atoms with E-state index in [0.717, 1.165) is 30.9 Å². The number of aromatic nitrogens is 2. The molecule has 0 unspecified atom stereocenters. The van der Waals surface area contributed by atoms with Crippen molar-refractivity contribution in [2.24, 2.45) is 5.73 Å². The number of hydrogen-bond acceptors (Lipinski definition) is 4. The second-order valence-electron chi connectivity index (χ2n) is 6.25. The van der Waals surface area contributed by atoms with E-state index >= 15 is 0 Å². The molecule has 2 aliphatic heterocycles. The summed E-state index contributed by atoms with van der Waals surface area (Å²) in [5.41, 5.74) is 8.72. The van der Waals surface area contributed by atoms with E-state index in [1.54, 1.807) is 0 Å². The van der Waals surface area contributed by atoms with Crippen molar-refractivity contribution in [3.63, 3.8) is 0 Å². The molecule has 1 aromatic carbocycles. The lowest BCUT2D eigenvalue weighted by Crippen LogP contribution is -2.47. The molecule has 2 aliphatic rings. The number of hydrogen-bond donors (Lipinski definition) is 2. The third-order valence-electron chi connectivity index (χ3n) is 4.72. The van der Waals surface area contributed by atoms with Crippen LogP contribution in [-0.2, 0) is 17.8 Å². The number of H-pyrrole nitrogens is 1. The largest absolute Gasteiger partial charge is 0.370 e. The van der Waals surface area contributed by atoms with Crippen LogP contribution in [-0.4, -0.2) is 33.8 Å². The van der Waals surface area contributed by atoms with Crippen molar-refractivity contribution in [2.75, 3.05) is 6.61 Å². The van der Waals surface area contributed by atoms with Crippen LogP contribution in [0.25, 0.3) is 0 Å². The van der Waals surface area contributed by atoms with Crippen LogP contribution >= 0.6 is 0 Å². The van der Waals surface area contributed by atoms with E-state index < -0.39 is 17.7 Å². The van der Waals surface area contributed by atoms with E-state index in [2.05, 4.69) is 15.1 Å². The second kappa shape index (κ2) is 5.67. The van der Waals surface area contributed by atoms with E-state index in [4.69, 9.17) is 10.5 Å². The van der Waals surface area contributed by atoms with Gasteiger partial charge in [-0.05, 0) is 24.6 Å². The highest BCUT2D eigenvalue weighted by Crippen LogP contribution is 2.33. The van der Waals surface area contributed by atoms with E-state index in [1.807, 2.05) is 6.20 Å². The maximum absolute atomic E-state index is 13.9. The third kappa shape index (κ3) is 2.65. The number of halogens is 2. The molecule has 0 saturated carbocycles. The molecule has 3 heterocycles. The van der Waals surface area contributed by atoms with Crippen LogP contribution < -0.4 is 5.73 Å². The minimum absolute atomic E-state index is 0.165. The summed E-state index contributed by atoms with van der Waals surface area (Å²) in [7, 11) is 0. The number of benzene rings is 1. The first-order valence-electron chi connectivity index (χ1n) is 7.69. The lowest BCUT2D eigenvalue weighted by Gasteiger charge is -2.38. The maximum atomic E-state index is 13.9. The van der Waals surface area contributed by atoms with Gasteiger partial charge in [-0.2, -0.15) is 5.10 Å². The van der Waals surface area contributed by atoms with E-state index in [-0.39, 0.29) is 17.6 Å². The molecule has 4 rings (SSSR count). The molecule has 1 fully saturated rings. The molecular weight excluding hydrogens is 302 g/mol. The first kappa shape index (κ1) is 14.7. The smallest absolute Gasteiger partial charge is 0.129 e. The lowest BCUT2D eigenvalue weighted by molar-refractivity contribution is -0.0533. The van der Waals surface area contributed by atoms with E-state index in [0.29, 0.717) is 13.0 Å². The molecule has 23 heavy (non-hydrogen) atoms. The molecule has 0 spiro atoms. The molecule has 0 aliphatic carbocycles. The van der Waals surface area contributed by atoms with Gasteiger partial charge in [0.1, 0.15) is 17.7 Å². The number of fused-ring (bicyclic) bond motifs is 1. The SMILES string of the molecule is N[C@@H]1C[C@H](N2Cc3cn[nH]c3C2)CO[C@@H]1c1cc(F)ccc1F. The van der Waals surface area contributed by atoms with Gasteiger partial charge < -0.3 is 10.5 Å². The Morgan fingerprint density at radius 2 is 2.17 bits per heavy atom. The molecule has 0 radical (unpaired) electrons. The second-order valence-corrected chi connectivity index (χ2v) is 6.25. The van der Waals surface area contributed by atoms with Gasteiger partial charge >= 0.3 is 0 Å². The minimum atomic E-state index is -0.607. The summed E-state index contributed by atoms with van der Waals surface area (Å²) in [6, 6.07) is 3.18. The Labute approximate surface area is 132 Å². The van der Waals surface area contributed by atoms with Gasteiger partial charge in [0, 0.05) is 36.3 Å². The quantitative estimate of drug-likeness (QED) is 0.886. The zero-order chi connectivity index (χ0) is 16.0. The van der Waals surface area contributed by atoms with Crippen molar-refractivity contribution in [3.8, 4) is 0 Å². The standard InChI is InChI=1S/C16H18F2N4O/c17-10-1-2-13(18)12(3-10)16-14(19)4-11(8-23-16)22-6-9-5-20-21-15(9)7-22/h1-3,5,11,14,16H,4,6-8,19H2,(H,20,21)/t11-,14+,16+/m0/s1. The Hall–Kier alpha value is -1.83. The van der Waals surface area contributed by atoms with Gasteiger partial charge in [0.05, 0.1) is 18.5 Å². The number of aromatic amines is 1. The normalized spacial score (nSPS) is 28.0. The molecular formula is C16H18F2N4O. The van der Waals surface area contributed by atoms with Crippen LogP contribution in [0.15, 0.2) is 24.4 Å². The molecule has 0 amide bonds. The predicted molar refractivity (Wildman–Crippen MR) is 79.3 cm³/mol. The topological polar surface area (TPSA) is 67.2 Å². The Morgan fingerprint density at radius 1 is 1.30 bits per heavy atom. The Morgan fingerprint density at radius 3 is 2.96 bits per heavy atom. The number of nitrogens with zero attached hydrogens (tertiary/aromatic N) is 2. The van der Waals surface area contributed by atoms with Gasteiger partial charge in [-0.15, -0.1) is 0 Å². The fraction of sp³-hybridized carbons (Fsp3) is 0.438. The van der Waals surface area contributed by atoms with Gasteiger partial charge in [0.15, 0.2) is 0 Å². The summed E-state index contributed by atoms with van der Waals surface area (Å²) in [5, 5.41) is 7.01.